The number of rotatable bonds is 5. The standard InChI is InChI=1S/C16H14Cl2N2O4S2/c17-13-8-12(15(18)25-13)26(23,24)20-14(21)6-5-10-7-9-3-1-2-4-11(9)19-16(10)22/h1-4,8,10H,5-7H2,(H,19,22)(H,20,21). The molecule has 1 aromatic heterocycles. The van der Waals surface area contributed by atoms with E-state index in [2.05, 4.69) is 5.32 Å². The normalized spacial score (nSPS) is 16.7. The average molecular weight is 433 g/mol. The maximum Gasteiger partial charge on any atom is 0.266 e. The van der Waals surface area contributed by atoms with Crippen LogP contribution >= 0.6 is 34.5 Å². The molecule has 0 aliphatic carbocycles. The van der Waals surface area contributed by atoms with E-state index in [4.69, 9.17) is 23.2 Å². The maximum absolute atomic E-state index is 12.2. The van der Waals surface area contributed by atoms with Crippen molar-refractivity contribution < 1.29 is 18.0 Å². The number of para-hydroxylation sites is 1. The molecule has 26 heavy (non-hydrogen) atoms. The number of carbonyl (C=O) groups excluding carboxylic acids is 2. The summed E-state index contributed by atoms with van der Waals surface area (Å²) in [5, 5.41) is 2.80. The molecule has 2 heterocycles. The number of fused-ring (bicyclic) bond motifs is 1. The highest BCUT2D eigenvalue weighted by Crippen LogP contribution is 2.34. The lowest BCUT2D eigenvalue weighted by Crippen LogP contribution is -2.33. The van der Waals surface area contributed by atoms with Gasteiger partial charge in [-0.1, -0.05) is 41.4 Å². The van der Waals surface area contributed by atoms with Crippen molar-refractivity contribution in [2.24, 2.45) is 5.92 Å². The quantitative estimate of drug-likeness (QED) is 0.756. The van der Waals surface area contributed by atoms with Crippen LogP contribution in [0.4, 0.5) is 5.69 Å². The Hall–Kier alpha value is -1.61. The lowest BCUT2D eigenvalue weighted by molar-refractivity contribution is -0.121. The first-order chi connectivity index (χ1) is 12.3. The van der Waals surface area contributed by atoms with Gasteiger partial charge in [0, 0.05) is 18.0 Å². The van der Waals surface area contributed by atoms with Gasteiger partial charge >= 0.3 is 0 Å². The highest BCUT2D eigenvalue weighted by atomic mass is 35.5. The molecule has 2 amide bonds. The molecule has 0 bridgehead atoms. The summed E-state index contributed by atoms with van der Waals surface area (Å²) in [6.07, 6.45) is 0.641. The van der Waals surface area contributed by atoms with E-state index in [-0.39, 0.29) is 32.3 Å². The number of nitrogens with one attached hydrogen (secondary N) is 2. The summed E-state index contributed by atoms with van der Waals surface area (Å²) < 4.78 is 26.6. The van der Waals surface area contributed by atoms with Gasteiger partial charge in [-0.2, -0.15) is 0 Å². The molecule has 0 spiro atoms. The van der Waals surface area contributed by atoms with E-state index < -0.39 is 21.8 Å². The minimum atomic E-state index is -4.09. The van der Waals surface area contributed by atoms with Crippen LogP contribution in [0.1, 0.15) is 18.4 Å². The van der Waals surface area contributed by atoms with E-state index in [1.54, 1.807) is 0 Å². The first kappa shape index (κ1) is 19.2. The second-order valence-corrected chi connectivity index (χ2v) is 9.74. The Kier molecular flexibility index (Phi) is 5.57. The summed E-state index contributed by atoms with van der Waals surface area (Å²) in [4.78, 5) is 24.0. The number of hydrogen-bond acceptors (Lipinski definition) is 5. The van der Waals surface area contributed by atoms with Gasteiger partial charge in [0.1, 0.15) is 9.23 Å². The second kappa shape index (κ2) is 7.56. The van der Waals surface area contributed by atoms with Crippen LogP contribution in [0.2, 0.25) is 8.67 Å². The van der Waals surface area contributed by atoms with Crippen LogP contribution in [0.15, 0.2) is 35.2 Å². The Morgan fingerprint density at radius 3 is 2.73 bits per heavy atom. The number of amides is 2. The number of halogens is 2. The van der Waals surface area contributed by atoms with E-state index in [0.29, 0.717) is 6.42 Å². The number of hydrogen-bond donors (Lipinski definition) is 2. The fourth-order valence-electron chi connectivity index (χ4n) is 2.72. The van der Waals surface area contributed by atoms with Crippen LogP contribution in [0.5, 0.6) is 0 Å². The van der Waals surface area contributed by atoms with Crippen LogP contribution in [0.3, 0.4) is 0 Å². The van der Waals surface area contributed by atoms with E-state index in [0.717, 1.165) is 22.6 Å². The minimum absolute atomic E-state index is 0.0152. The number of benzene rings is 1. The van der Waals surface area contributed by atoms with Crippen LogP contribution in [0.25, 0.3) is 0 Å². The number of carbonyl (C=O) groups is 2. The van der Waals surface area contributed by atoms with E-state index in [1.165, 1.54) is 6.07 Å². The van der Waals surface area contributed by atoms with Gasteiger partial charge in [-0.25, -0.2) is 13.1 Å². The molecule has 1 aliphatic heterocycles. The molecule has 1 aliphatic rings. The van der Waals surface area contributed by atoms with Gasteiger partial charge in [-0.15, -0.1) is 11.3 Å². The number of sulfonamides is 1. The van der Waals surface area contributed by atoms with Gasteiger partial charge < -0.3 is 5.32 Å². The molecule has 2 aromatic rings. The highest BCUT2D eigenvalue weighted by Gasteiger charge is 2.28. The number of thiophene rings is 1. The first-order valence-electron chi connectivity index (χ1n) is 7.65. The molecule has 1 aromatic carbocycles. The van der Waals surface area contributed by atoms with Crippen LogP contribution < -0.4 is 10.0 Å². The predicted molar refractivity (Wildman–Crippen MR) is 101 cm³/mol. The van der Waals surface area contributed by atoms with Crippen LogP contribution in [-0.2, 0) is 26.0 Å². The molecule has 3 rings (SSSR count). The Morgan fingerprint density at radius 1 is 1.31 bits per heavy atom. The predicted octanol–water partition coefficient (Wildman–Crippen LogP) is 3.45. The zero-order valence-electron chi connectivity index (χ0n) is 13.3. The Balaban J connectivity index is 1.61. The summed E-state index contributed by atoms with van der Waals surface area (Å²) in [7, 11) is -4.09. The molecule has 2 N–H and O–H groups in total. The van der Waals surface area contributed by atoms with Gasteiger partial charge in [-0.3, -0.25) is 9.59 Å². The Bertz CT molecular complexity index is 972. The fourth-order valence-corrected chi connectivity index (χ4v) is 5.88. The third-order valence-corrected chi connectivity index (χ3v) is 7.12. The van der Waals surface area contributed by atoms with Crippen molar-refractivity contribution in [3.63, 3.8) is 0 Å². The van der Waals surface area contributed by atoms with E-state index >= 15 is 0 Å². The number of anilines is 1. The summed E-state index contributed by atoms with van der Waals surface area (Å²) in [5.41, 5.74) is 1.76. The molecule has 0 saturated carbocycles. The van der Waals surface area contributed by atoms with Crippen molar-refractivity contribution in [3.05, 3.63) is 44.6 Å². The molecule has 0 saturated heterocycles. The van der Waals surface area contributed by atoms with Crippen molar-refractivity contribution in [1.82, 2.24) is 4.72 Å². The van der Waals surface area contributed by atoms with Gasteiger partial charge in [0.05, 0.1) is 4.34 Å². The SMILES string of the molecule is O=C(CCC1Cc2ccccc2NC1=O)NS(=O)(=O)c1cc(Cl)sc1Cl. The molecular weight excluding hydrogens is 419 g/mol. The highest BCUT2D eigenvalue weighted by molar-refractivity contribution is 7.90. The monoisotopic (exact) mass is 432 g/mol. The summed E-state index contributed by atoms with van der Waals surface area (Å²) in [5.74, 6) is -1.26. The minimum Gasteiger partial charge on any atom is -0.326 e. The third-order valence-electron chi connectivity index (χ3n) is 4.00. The zero-order chi connectivity index (χ0) is 18.9. The van der Waals surface area contributed by atoms with Crippen molar-refractivity contribution in [1.29, 1.82) is 0 Å². The summed E-state index contributed by atoms with van der Waals surface area (Å²) in [6.45, 7) is 0. The third kappa shape index (κ3) is 4.20. The van der Waals surface area contributed by atoms with Gasteiger partial charge in [0.15, 0.2) is 0 Å². The maximum atomic E-state index is 12.2. The molecule has 0 fully saturated rings. The molecule has 1 atom stereocenters. The average Bonchev–Trinajstić information content (AvgIpc) is 2.92. The van der Waals surface area contributed by atoms with E-state index in [9.17, 15) is 18.0 Å². The van der Waals surface area contributed by atoms with Crippen LogP contribution in [-0.4, -0.2) is 20.2 Å². The smallest absolute Gasteiger partial charge is 0.266 e. The first-order valence-corrected chi connectivity index (χ1v) is 10.7. The second-order valence-electron chi connectivity index (χ2n) is 5.80. The topological polar surface area (TPSA) is 92.3 Å². The Morgan fingerprint density at radius 2 is 2.04 bits per heavy atom. The van der Waals surface area contributed by atoms with Crippen LogP contribution in [0, 0.1) is 5.92 Å². The van der Waals surface area contributed by atoms with E-state index in [1.807, 2.05) is 29.0 Å². The lowest BCUT2D eigenvalue weighted by Gasteiger charge is -2.24. The fraction of sp³-hybridized carbons (Fsp3) is 0.250. The molecule has 138 valence electrons. The molecule has 10 heteroatoms. The molecule has 6 nitrogen and oxygen atoms in total. The van der Waals surface area contributed by atoms with Gasteiger partial charge in [0.25, 0.3) is 10.0 Å². The lowest BCUT2D eigenvalue weighted by atomic mass is 9.90. The zero-order valence-corrected chi connectivity index (χ0v) is 16.4. The van der Waals surface area contributed by atoms with Crippen molar-refractivity contribution >= 4 is 62.1 Å². The van der Waals surface area contributed by atoms with Gasteiger partial charge in [-0.05, 0) is 30.5 Å². The molecule has 1 unspecified atom stereocenters. The van der Waals surface area contributed by atoms with Crippen molar-refractivity contribution in [2.75, 3.05) is 5.32 Å². The Labute approximate surface area is 164 Å². The van der Waals surface area contributed by atoms with Crippen molar-refractivity contribution in [2.45, 2.75) is 24.2 Å². The summed E-state index contributed by atoms with van der Waals surface area (Å²) in [6, 6.07) is 8.63. The summed E-state index contributed by atoms with van der Waals surface area (Å²) >= 11 is 12.5. The largest absolute Gasteiger partial charge is 0.326 e. The van der Waals surface area contributed by atoms with Gasteiger partial charge in [0.2, 0.25) is 11.8 Å². The molecule has 0 radical (unpaired) electrons. The van der Waals surface area contributed by atoms with Crippen molar-refractivity contribution in [3.8, 4) is 0 Å². The molecular formula is C16H14Cl2N2O4S2.